The zero-order valence-corrected chi connectivity index (χ0v) is 18.8. The molecular weight excluding hydrogens is 410 g/mol. The van der Waals surface area contributed by atoms with Gasteiger partial charge < -0.3 is 18.9 Å². The number of carbonyl (C=O) groups excluding carboxylic acids is 2. The molecular formula is C25H27NO6. The number of benzene rings is 2. The summed E-state index contributed by atoms with van der Waals surface area (Å²) >= 11 is 0. The van der Waals surface area contributed by atoms with E-state index in [2.05, 4.69) is 0 Å². The van der Waals surface area contributed by atoms with Gasteiger partial charge in [-0.25, -0.2) is 0 Å². The molecule has 0 saturated heterocycles. The lowest BCUT2D eigenvalue weighted by Crippen LogP contribution is -2.40. The molecule has 0 saturated carbocycles. The third-order valence-corrected chi connectivity index (χ3v) is 6.08. The Labute approximate surface area is 187 Å². The zero-order chi connectivity index (χ0) is 22.8. The Hall–Kier alpha value is -3.48. The van der Waals surface area contributed by atoms with E-state index in [1.165, 1.54) is 0 Å². The first-order valence-corrected chi connectivity index (χ1v) is 10.6. The Kier molecular flexibility index (Phi) is 6.08. The van der Waals surface area contributed by atoms with Crippen molar-refractivity contribution < 1.29 is 28.5 Å². The fourth-order valence-corrected chi connectivity index (χ4v) is 4.63. The number of ketones is 1. The predicted molar refractivity (Wildman–Crippen MR) is 120 cm³/mol. The van der Waals surface area contributed by atoms with Crippen molar-refractivity contribution >= 4 is 17.4 Å². The van der Waals surface area contributed by atoms with Crippen LogP contribution in [0.1, 0.15) is 37.2 Å². The van der Waals surface area contributed by atoms with Gasteiger partial charge in [-0.3, -0.25) is 14.5 Å². The molecule has 0 N–H and O–H groups in total. The molecule has 1 unspecified atom stereocenters. The van der Waals surface area contributed by atoms with E-state index in [0.717, 1.165) is 11.3 Å². The minimum atomic E-state index is -0.374. The molecule has 1 amide bonds. The Morgan fingerprint density at radius 1 is 0.875 bits per heavy atom. The van der Waals surface area contributed by atoms with Crippen molar-refractivity contribution in [2.45, 2.75) is 31.6 Å². The number of carbonyl (C=O) groups is 2. The molecule has 0 spiro atoms. The lowest BCUT2D eigenvalue weighted by Gasteiger charge is -2.38. The fourth-order valence-electron chi connectivity index (χ4n) is 4.63. The number of rotatable bonds is 6. The van der Waals surface area contributed by atoms with Crippen LogP contribution in [0.3, 0.4) is 0 Å². The number of amides is 1. The van der Waals surface area contributed by atoms with Gasteiger partial charge in [0.15, 0.2) is 17.3 Å². The molecule has 32 heavy (non-hydrogen) atoms. The molecule has 0 aromatic heterocycles. The molecule has 4 rings (SSSR count). The van der Waals surface area contributed by atoms with Crippen molar-refractivity contribution in [3.05, 3.63) is 53.2 Å². The maximum absolute atomic E-state index is 13.4. The van der Waals surface area contributed by atoms with Crippen molar-refractivity contribution in [1.82, 2.24) is 0 Å². The number of hydrogen-bond donors (Lipinski definition) is 0. The van der Waals surface area contributed by atoms with Crippen LogP contribution in [0.2, 0.25) is 0 Å². The SMILES string of the molecule is COc1cccc(N2C(=O)CC(c3cc(OC)c(OC)c(OC)c3)C3=C2CCCC3=O)c1. The van der Waals surface area contributed by atoms with Crippen LogP contribution < -0.4 is 23.8 Å². The van der Waals surface area contributed by atoms with Crippen molar-refractivity contribution in [1.29, 1.82) is 0 Å². The van der Waals surface area contributed by atoms with Crippen LogP contribution in [0, 0.1) is 0 Å². The number of nitrogens with zero attached hydrogens (tertiary/aromatic N) is 1. The van der Waals surface area contributed by atoms with E-state index in [0.29, 0.717) is 53.5 Å². The van der Waals surface area contributed by atoms with Gasteiger partial charge in [0.05, 0.1) is 34.1 Å². The van der Waals surface area contributed by atoms with Crippen molar-refractivity contribution in [2.75, 3.05) is 33.3 Å². The largest absolute Gasteiger partial charge is 0.497 e. The fraction of sp³-hybridized carbons (Fsp3) is 0.360. The summed E-state index contributed by atoms with van der Waals surface area (Å²) in [4.78, 5) is 28.3. The Balaban J connectivity index is 1.87. The average Bonchev–Trinajstić information content (AvgIpc) is 2.82. The van der Waals surface area contributed by atoms with E-state index in [-0.39, 0.29) is 24.0 Å². The number of anilines is 1. The highest BCUT2D eigenvalue weighted by molar-refractivity contribution is 6.07. The smallest absolute Gasteiger partial charge is 0.232 e. The molecule has 1 aliphatic carbocycles. The molecule has 2 aromatic carbocycles. The molecule has 1 aliphatic heterocycles. The molecule has 2 aromatic rings. The molecule has 0 radical (unpaired) electrons. The summed E-state index contributed by atoms with van der Waals surface area (Å²) in [5.41, 5.74) is 2.96. The summed E-state index contributed by atoms with van der Waals surface area (Å²) in [5, 5.41) is 0. The van der Waals surface area contributed by atoms with Crippen LogP contribution in [0.5, 0.6) is 23.0 Å². The molecule has 1 heterocycles. The van der Waals surface area contributed by atoms with Gasteiger partial charge >= 0.3 is 0 Å². The number of allylic oxidation sites excluding steroid dienone is 2. The van der Waals surface area contributed by atoms with Crippen molar-refractivity contribution in [3.8, 4) is 23.0 Å². The van der Waals surface area contributed by atoms with Crippen LogP contribution in [0.4, 0.5) is 5.69 Å². The molecule has 7 nitrogen and oxygen atoms in total. The average molecular weight is 437 g/mol. The first-order chi connectivity index (χ1) is 15.5. The van der Waals surface area contributed by atoms with Crippen LogP contribution in [0.15, 0.2) is 47.7 Å². The molecule has 1 atom stereocenters. The molecule has 0 fully saturated rings. The summed E-state index contributed by atoms with van der Waals surface area (Å²) in [5.74, 6) is 1.76. The summed E-state index contributed by atoms with van der Waals surface area (Å²) < 4.78 is 21.8. The second-order valence-corrected chi connectivity index (χ2v) is 7.78. The molecule has 7 heteroatoms. The summed E-state index contributed by atoms with van der Waals surface area (Å²) in [7, 11) is 6.23. The normalized spacial score (nSPS) is 18.4. The second-order valence-electron chi connectivity index (χ2n) is 7.78. The van der Waals surface area contributed by atoms with Crippen LogP contribution >= 0.6 is 0 Å². The van der Waals surface area contributed by atoms with Crippen molar-refractivity contribution in [2.24, 2.45) is 0 Å². The maximum atomic E-state index is 13.4. The van der Waals surface area contributed by atoms with E-state index in [4.69, 9.17) is 18.9 Å². The lowest BCUT2D eigenvalue weighted by molar-refractivity contribution is -0.119. The number of Topliss-reactive ketones (excluding diaryl/α,β-unsaturated/α-hetero) is 1. The van der Waals surface area contributed by atoms with E-state index in [1.807, 2.05) is 36.4 Å². The highest BCUT2D eigenvalue weighted by Crippen LogP contribution is 2.47. The Morgan fingerprint density at radius 3 is 2.22 bits per heavy atom. The first kappa shape index (κ1) is 21.7. The first-order valence-electron chi connectivity index (χ1n) is 10.6. The Bertz CT molecular complexity index is 1060. The van der Waals surface area contributed by atoms with Gasteiger partial charge in [-0.2, -0.15) is 0 Å². The number of hydrogen-bond acceptors (Lipinski definition) is 6. The van der Waals surface area contributed by atoms with Gasteiger partial charge in [0.25, 0.3) is 0 Å². The monoisotopic (exact) mass is 437 g/mol. The minimum Gasteiger partial charge on any atom is -0.497 e. The maximum Gasteiger partial charge on any atom is 0.232 e. The topological polar surface area (TPSA) is 74.3 Å². The number of methoxy groups -OCH3 is 4. The van der Waals surface area contributed by atoms with Gasteiger partial charge in [-0.05, 0) is 42.7 Å². The summed E-state index contributed by atoms with van der Waals surface area (Å²) in [6.45, 7) is 0. The van der Waals surface area contributed by atoms with Crippen LogP contribution in [0.25, 0.3) is 0 Å². The van der Waals surface area contributed by atoms with Gasteiger partial charge in [0.1, 0.15) is 5.75 Å². The zero-order valence-electron chi connectivity index (χ0n) is 18.8. The van der Waals surface area contributed by atoms with E-state index >= 15 is 0 Å². The van der Waals surface area contributed by atoms with Crippen LogP contribution in [-0.2, 0) is 9.59 Å². The second kappa shape index (κ2) is 8.94. The van der Waals surface area contributed by atoms with E-state index in [9.17, 15) is 9.59 Å². The van der Waals surface area contributed by atoms with Gasteiger partial charge in [0.2, 0.25) is 11.7 Å². The van der Waals surface area contributed by atoms with Gasteiger partial charge in [-0.1, -0.05) is 6.07 Å². The highest BCUT2D eigenvalue weighted by atomic mass is 16.5. The summed E-state index contributed by atoms with van der Waals surface area (Å²) in [6, 6.07) is 11.0. The third-order valence-electron chi connectivity index (χ3n) is 6.08. The minimum absolute atomic E-state index is 0.0644. The number of ether oxygens (including phenoxy) is 4. The van der Waals surface area contributed by atoms with Gasteiger partial charge in [0, 0.05) is 36.1 Å². The van der Waals surface area contributed by atoms with Crippen molar-refractivity contribution in [3.63, 3.8) is 0 Å². The lowest BCUT2D eigenvalue weighted by atomic mass is 9.77. The molecule has 0 bridgehead atoms. The summed E-state index contributed by atoms with van der Waals surface area (Å²) in [6.07, 6.45) is 2.01. The third kappa shape index (κ3) is 3.68. The highest BCUT2D eigenvalue weighted by Gasteiger charge is 2.40. The van der Waals surface area contributed by atoms with Crippen LogP contribution in [-0.4, -0.2) is 40.1 Å². The Morgan fingerprint density at radius 2 is 1.59 bits per heavy atom. The molecule has 2 aliphatic rings. The quantitative estimate of drug-likeness (QED) is 0.673. The van der Waals surface area contributed by atoms with E-state index in [1.54, 1.807) is 33.3 Å². The predicted octanol–water partition coefficient (Wildman–Crippen LogP) is 4.25. The standard InChI is InChI=1S/C25H27NO6/c1-29-17-8-5-7-16(13-17)26-19-9-6-10-20(27)24(19)18(14-23(26)28)15-11-21(30-2)25(32-4)22(12-15)31-3/h5,7-8,11-13,18H,6,9-10,14H2,1-4H3. The molecule has 168 valence electrons. The van der Waals surface area contributed by atoms with Gasteiger partial charge in [-0.15, -0.1) is 0 Å². The van der Waals surface area contributed by atoms with E-state index < -0.39 is 0 Å².